The van der Waals surface area contributed by atoms with Gasteiger partial charge < -0.3 is 26.0 Å². The fraction of sp³-hybridized carbons (Fsp3) is 0.364. The average molecular weight is 240 g/mol. The smallest absolute Gasteiger partial charge is 0.251 e. The van der Waals surface area contributed by atoms with Gasteiger partial charge in [0.1, 0.15) is 5.75 Å². The molecule has 0 spiro atoms. The molecule has 1 atom stereocenters. The number of methoxy groups -OCH3 is 1. The number of carbonyl (C=O) groups excluding carboxylic acids is 1. The lowest BCUT2D eigenvalue weighted by atomic mass is 10.1. The first-order chi connectivity index (χ1) is 8.08. The number of ether oxygens (including phenoxy) is 1. The highest BCUT2D eigenvalue weighted by Crippen LogP contribution is 2.21. The molecule has 0 fully saturated rings. The Labute approximate surface area is 99.0 Å². The van der Waals surface area contributed by atoms with Crippen LogP contribution in [0.25, 0.3) is 0 Å². The van der Waals surface area contributed by atoms with Crippen LogP contribution >= 0.6 is 0 Å². The Balaban J connectivity index is 2.69. The van der Waals surface area contributed by atoms with Gasteiger partial charge in [-0.1, -0.05) is 0 Å². The molecule has 0 aliphatic carbocycles. The SMILES string of the molecule is COc1cc(C(=O)NC[C@H](O)CO)ccc1N. The first-order valence-electron chi connectivity index (χ1n) is 5.09. The molecule has 0 heterocycles. The van der Waals surface area contributed by atoms with Gasteiger partial charge in [-0.2, -0.15) is 0 Å². The number of carbonyl (C=O) groups is 1. The van der Waals surface area contributed by atoms with Crippen LogP contribution in [0.4, 0.5) is 5.69 Å². The lowest BCUT2D eigenvalue weighted by Gasteiger charge is -2.10. The molecular weight excluding hydrogens is 224 g/mol. The lowest BCUT2D eigenvalue weighted by Crippen LogP contribution is -2.33. The predicted octanol–water partition coefficient (Wildman–Crippen LogP) is -0.640. The summed E-state index contributed by atoms with van der Waals surface area (Å²) in [7, 11) is 1.46. The van der Waals surface area contributed by atoms with E-state index in [4.69, 9.17) is 20.7 Å². The minimum atomic E-state index is -0.963. The van der Waals surface area contributed by atoms with Crippen molar-refractivity contribution in [3.63, 3.8) is 0 Å². The van der Waals surface area contributed by atoms with Gasteiger partial charge in [-0.3, -0.25) is 4.79 Å². The van der Waals surface area contributed by atoms with Gasteiger partial charge in [0.05, 0.1) is 25.5 Å². The highest BCUT2D eigenvalue weighted by atomic mass is 16.5. The first-order valence-corrected chi connectivity index (χ1v) is 5.09. The monoisotopic (exact) mass is 240 g/mol. The van der Waals surface area contributed by atoms with Crippen LogP contribution in [0.5, 0.6) is 5.75 Å². The third-order valence-corrected chi connectivity index (χ3v) is 2.20. The zero-order valence-electron chi connectivity index (χ0n) is 9.51. The van der Waals surface area contributed by atoms with Crippen LogP contribution in [0.1, 0.15) is 10.4 Å². The van der Waals surface area contributed by atoms with Crippen LogP contribution in [0, 0.1) is 0 Å². The molecule has 0 aliphatic heterocycles. The number of hydrogen-bond acceptors (Lipinski definition) is 5. The Bertz CT molecular complexity index is 395. The summed E-state index contributed by atoms with van der Waals surface area (Å²) < 4.78 is 4.99. The Morgan fingerprint density at radius 2 is 2.29 bits per heavy atom. The van der Waals surface area contributed by atoms with Crippen LogP contribution in [0.3, 0.4) is 0 Å². The van der Waals surface area contributed by atoms with E-state index in [0.29, 0.717) is 17.0 Å². The number of benzene rings is 1. The summed E-state index contributed by atoms with van der Waals surface area (Å²) in [5.74, 6) is 0.0520. The molecule has 5 N–H and O–H groups in total. The molecule has 6 heteroatoms. The fourth-order valence-corrected chi connectivity index (χ4v) is 1.23. The number of nitrogens with two attached hydrogens (primary N) is 1. The maximum Gasteiger partial charge on any atom is 0.251 e. The van der Waals surface area contributed by atoms with E-state index < -0.39 is 12.7 Å². The van der Waals surface area contributed by atoms with Crippen molar-refractivity contribution in [2.24, 2.45) is 0 Å². The Morgan fingerprint density at radius 3 is 2.88 bits per heavy atom. The van der Waals surface area contributed by atoms with Gasteiger partial charge in [-0.15, -0.1) is 0 Å². The van der Waals surface area contributed by atoms with E-state index in [2.05, 4.69) is 5.32 Å². The van der Waals surface area contributed by atoms with Gasteiger partial charge in [0.25, 0.3) is 5.91 Å². The summed E-state index contributed by atoms with van der Waals surface area (Å²) in [5.41, 5.74) is 6.43. The molecule has 0 saturated carbocycles. The number of nitrogen functional groups attached to an aromatic ring is 1. The van der Waals surface area contributed by atoms with Crippen molar-refractivity contribution in [1.82, 2.24) is 5.32 Å². The van der Waals surface area contributed by atoms with Crippen molar-refractivity contribution in [2.45, 2.75) is 6.10 Å². The summed E-state index contributed by atoms with van der Waals surface area (Å²) in [5, 5.41) is 20.2. The third kappa shape index (κ3) is 3.61. The molecule has 0 saturated heterocycles. The third-order valence-electron chi connectivity index (χ3n) is 2.20. The highest BCUT2D eigenvalue weighted by Gasteiger charge is 2.10. The van der Waals surface area contributed by atoms with E-state index in [1.54, 1.807) is 12.1 Å². The molecule has 1 aromatic carbocycles. The standard InChI is InChI=1S/C11H16N2O4/c1-17-10-4-7(2-3-9(10)12)11(16)13-5-8(15)6-14/h2-4,8,14-15H,5-6,12H2,1H3,(H,13,16)/t8-/m0/s1. The summed E-state index contributed by atoms with van der Waals surface area (Å²) in [4.78, 5) is 11.6. The maximum absolute atomic E-state index is 11.6. The van der Waals surface area contributed by atoms with Gasteiger partial charge in [-0.25, -0.2) is 0 Å². The normalized spacial score (nSPS) is 11.9. The number of nitrogens with one attached hydrogen (secondary N) is 1. The maximum atomic E-state index is 11.6. The molecule has 0 unspecified atom stereocenters. The van der Waals surface area contributed by atoms with Crippen LogP contribution in [0.2, 0.25) is 0 Å². The van der Waals surface area contributed by atoms with Gasteiger partial charge in [0, 0.05) is 12.1 Å². The molecule has 6 nitrogen and oxygen atoms in total. The molecule has 0 radical (unpaired) electrons. The molecule has 94 valence electrons. The van der Waals surface area contributed by atoms with Gasteiger partial charge in [0.15, 0.2) is 0 Å². The molecule has 1 rings (SSSR count). The van der Waals surface area contributed by atoms with Crippen molar-refractivity contribution in [1.29, 1.82) is 0 Å². The fourth-order valence-electron chi connectivity index (χ4n) is 1.23. The van der Waals surface area contributed by atoms with Crippen molar-refractivity contribution < 1.29 is 19.7 Å². The van der Waals surface area contributed by atoms with Crippen LogP contribution in [-0.2, 0) is 0 Å². The minimum Gasteiger partial charge on any atom is -0.495 e. The molecule has 0 bridgehead atoms. The van der Waals surface area contributed by atoms with E-state index >= 15 is 0 Å². The molecule has 1 amide bonds. The summed E-state index contributed by atoms with van der Waals surface area (Å²) in [6.07, 6.45) is -0.963. The molecule has 17 heavy (non-hydrogen) atoms. The zero-order chi connectivity index (χ0) is 12.8. The molecular formula is C11H16N2O4. The Morgan fingerprint density at radius 1 is 1.59 bits per heavy atom. The lowest BCUT2D eigenvalue weighted by molar-refractivity contribution is 0.0802. The van der Waals surface area contributed by atoms with Gasteiger partial charge in [-0.05, 0) is 18.2 Å². The largest absolute Gasteiger partial charge is 0.495 e. The minimum absolute atomic E-state index is 0.0119. The molecule has 0 aliphatic rings. The molecule has 1 aromatic rings. The summed E-state index contributed by atoms with van der Waals surface area (Å²) in [6.45, 7) is -0.409. The van der Waals surface area contributed by atoms with Crippen molar-refractivity contribution >= 4 is 11.6 Å². The second kappa shape index (κ2) is 6.07. The first kappa shape index (κ1) is 13.3. The summed E-state index contributed by atoms with van der Waals surface area (Å²) in [6, 6.07) is 4.63. The Kier molecular flexibility index (Phi) is 4.74. The molecule has 0 aromatic heterocycles. The van der Waals surface area contributed by atoms with E-state index in [1.807, 2.05) is 0 Å². The predicted molar refractivity (Wildman–Crippen MR) is 62.8 cm³/mol. The number of aliphatic hydroxyl groups is 2. The van der Waals surface area contributed by atoms with Gasteiger partial charge in [0.2, 0.25) is 0 Å². The van der Waals surface area contributed by atoms with Crippen LogP contribution < -0.4 is 15.8 Å². The van der Waals surface area contributed by atoms with E-state index in [-0.39, 0.29) is 12.5 Å². The van der Waals surface area contributed by atoms with Crippen LogP contribution in [-0.4, -0.2) is 42.5 Å². The number of anilines is 1. The quantitative estimate of drug-likeness (QED) is 0.512. The number of rotatable bonds is 5. The number of aliphatic hydroxyl groups excluding tert-OH is 2. The average Bonchev–Trinajstić information content (AvgIpc) is 2.35. The van der Waals surface area contributed by atoms with Crippen LogP contribution in [0.15, 0.2) is 18.2 Å². The summed E-state index contributed by atoms with van der Waals surface area (Å²) >= 11 is 0. The van der Waals surface area contributed by atoms with Crippen molar-refractivity contribution in [2.75, 3.05) is 26.0 Å². The second-order valence-corrected chi connectivity index (χ2v) is 3.50. The van der Waals surface area contributed by atoms with E-state index in [1.165, 1.54) is 13.2 Å². The van der Waals surface area contributed by atoms with Crippen molar-refractivity contribution in [3.8, 4) is 5.75 Å². The Hall–Kier alpha value is -1.79. The van der Waals surface area contributed by atoms with E-state index in [9.17, 15) is 4.79 Å². The topological polar surface area (TPSA) is 105 Å². The van der Waals surface area contributed by atoms with Crippen molar-refractivity contribution in [3.05, 3.63) is 23.8 Å². The second-order valence-electron chi connectivity index (χ2n) is 3.50. The number of hydrogen-bond donors (Lipinski definition) is 4. The highest BCUT2D eigenvalue weighted by molar-refractivity contribution is 5.95. The number of amides is 1. The zero-order valence-corrected chi connectivity index (χ0v) is 9.51. The van der Waals surface area contributed by atoms with Gasteiger partial charge >= 0.3 is 0 Å². The van der Waals surface area contributed by atoms with E-state index in [0.717, 1.165) is 0 Å².